The molecule has 0 bridgehead atoms. The lowest BCUT2D eigenvalue weighted by Crippen LogP contribution is -2.22. The maximum Gasteiger partial charge on any atom is 0.423 e. The summed E-state index contributed by atoms with van der Waals surface area (Å²) in [7, 11) is 0. The fourth-order valence-electron chi connectivity index (χ4n) is 2.96. The quantitative estimate of drug-likeness (QED) is 0.338. The molecule has 1 N–H and O–H groups in total. The van der Waals surface area contributed by atoms with Crippen molar-refractivity contribution in [1.29, 1.82) is 5.26 Å². The van der Waals surface area contributed by atoms with Crippen molar-refractivity contribution >= 4 is 17.1 Å². The smallest absolute Gasteiger partial charge is 0.423 e. The Balaban J connectivity index is 2.12. The normalized spacial score (nSPS) is 11.5. The van der Waals surface area contributed by atoms with Crippen LogP contribution in [0.1, 0.15) is 22.3 Å². The number of alkyl halides is 3. The van der Waals surface area contributed by atoms with E-state index in [2.05, 4.69) is 15.2 Å². The van der Waals surface area contributed by atoms with Gasteiger partial charge in [0.2, 0.25) is 5.88 Å². The molecule has 0 saturated heterocycles. The van der Waals surface area contributed by atoms with Gasteiger partial charge in [-0.2, -0.15) is 23.5 Å². The molecule has 0 fully saturated rings. The summed E-state index contributed by atoms with van der Waals surface area (Å²) in [6, 6.07) is 6.97. The van der Waals surface area contributed by atoms with E-state index in [0.29, 0.717) is 17.7 Å². The highest BCUT2D eigenvalue weighted by atomic mass is 19.4. The molecule has 13 heteroatoms. The minimum absolute atomic E-state index is 0.0378. The molecule has 0 atom stereocenters. The third kappa shape index (κ3) is 4.69. The van der Waals surface area contributed by atoms with Crippen LogP contribution in [-0.2, 0) is 12.7 Å². The second-order valence-corrected chi connectivity index (χ2v) is 6.69. The number of hydrogen-bond donors (Lipinski definition) is 1. The van der Waals surface area contributed by atoms with Crippen molar-refractivity contribution in [2.75, 3.05) is 0 Å². The lowest BCUT2D eigenvalue weighted by atomic mass is 10.1. The summed E-state index contributed by atoms with van der Waals surface area (Å²) in [5, 5.41) is 38.0. The highest BCUT2D eigenvalue weighted by Crippen LogP contribution is 2.38. The van der Waals surface area contributed by atoms with Crippen LogP contribution < -0.4 is 5.56 Å². The van der Waals surface area contributed by atoms with E-state index in [1.54, 1.807) is 18.2 Å². The third-order valence-corrected chi connectivity index (χ3v) is 4.58. The van der Waals surface area contributed by atoms with E-state index < -0.39 is 39.5 Å². The maximum atomic E-state index is 13.2. The van der Waals surface area contributed by atoms with Gasteiger partial charge in [-0.15, -0.1) is 5.11 Å². The molecule has 0 spiro atoms. The average molecular weight is 458 g/mol. The number of nitro groups is 1. The number of rotatable bonds is 5. The van der Waals surface area contributed by atoms with Gasteiger partial charge in [-0.1, -0.05) is 6.07 Å². The van der Waals surface area contributed by atoms with E-state index in [1.807, 2.05) is 0 Å². The summed E-state index contributed by atoms with van der Waals surface area (Å²) in [5.41, 5.74) is -4.12. The van der Waals surface area contributed by atoms with Crippen molar-refractivity contribution in [3.05, 3.63) is 85.4 Å². The number of halogens is 3. The number of benzene rings is 1. The van der Waals surface area contributed by atoms with Gasteiger partial charge in [-0.25, -0.2) is 0 Å². The first-order chi connectivity index (χ1) is 15.5. The van der Waals surface area contributed by atoms with Gasteiger partial charge in [0.25, 0.3) is 11.2 Å². The monoisotopic (exact) mass is 458 g/mol. The van der Waals surface area contributed by atoms with Crippen molar-refractivity contribution in [3.8, 4) is 11.9 Å². The number of nitro benzene ring substituents is 1. The molecule has 33 heavy (non-hydrogen) atoms. The van der Waals surface area contributed by atoms with E-state index >= 15 is 0 Å². The molecule has 3 rings (SSSR count). The molecule has 0 saturated carbocycles. The number of pyridine rings is 2. The summed E-state index contributed by atoms with van der Waals surface area (Å²) < 4.78 is 40.4. The van der Waals surface area contributed by atoms with Crippen LogP contribution in [-0.4, -0.2) is 19.6 Å². The van der Waals surface area contributed by atoms with Crippen LogP contribution in [0.2, 0.25) is 0 Å². The summed E-state index contributed by atoms with van der Waals surface area (Å²) in [6.07, 6.45) is -2.08. The minimum atomic E-state index is -5.02. The molecule has 1 aromatic carbocycles. The van der Waals surface area contributed by atoms with E-state index in [0.717, 1.165) is 10.6 Å². The number of hydrogen-bond acceptors (Lipinski definition) is 8. The highest BCUT2D eigenvalue weighted by molar-refractivity contribution is 5.57. The Hall–Kier alpha value is -4.60. The zero-order valence-corrected chi connectivity index (χ0v) is 16.7. The number of aromatic hydroxyl groups is 1. The molecule has 168 valence electrons. The first kappa shape index (κ1) is 23.1. The van der Waals surface area contributed by atoms with Gasteiger partial charge in [-0.3, -0.25) is 24.5 Å². The Kier molecular flexibility index (Phi) is 6.20. The van der Waals surface area contributed by atoms with E-state index in [9.17, 15) is 38.4 Å². The van der Waals surface area contributed by atoms with E-state index in [4.69, 9.17) is 0 Å². The Morgan fingerprint density at radius 1 is 1.30 bits per heavy atom. The fourth-order valence-corrected chi connectivity index (χ4v) is 2.96. The van der Waals surface area contributed by atoms with Crippen LogP contribution in [0, 0.1) is 28.4 Å². The topological polar surface area (TPSA) is 147 Å². The van der Waals surface area contributed by atoms with Gasteiger partial charge in [0, 0.05) is 24.0 Å². The van der Waals surface area contributed by atoms with Gasteiger partial charge >= 0.3 is 6.18 Å². The second-order valence-electron chi connectivity index (χ2n) is 6.69. The van der Waals surface area contributed by atoms with E-state index in [-0.39, 0.29) is 23.4 Å². The van der Waals surface area contributed by atoms with Crippen molar-refractivity contribution in [3.63, 3.8) is 0 Å². The summed E-state index contributed by atoms with van der Waals surface area (Å²) in [5.74, 6) is -0.613. The molecule has 2 heterocycles. The molecule has 0 aliphatic heterocycles. The lowest BCUT2D eigenvalue weighted by molar-refractivity contribution is -0.388. The molecule has 10 nitrogen and oxygen atoms in total. The maximum absolute atomic E-state index is 13.2. The van der Waals surface area contributed by atoms with Crippen LogP contribution in [0.3, 0.4) is 0 Å². The highest BCUT2D eigenvalue weighted by Gasteiger charge is 2.38. The van der Waals surface area contributed by atoms with Crippen molar-refractivity contribution in [2.45, 2.75) is 19.6 Å². The largest absolute Gasteiger partial charge is 0.493 e. The van der Waals surface area contributed by atoms with Crippen LogP contribution in [0.15, 0.2) is 57.7 Å². The molecule has 0 aliphatic carbocycles. The van der Waals surface area contributed by atoms with Crippen molar-refractivity contribution < 1.29 is 23.2 Å². The predicted molar refractivity (Wildman–Crippen MR) is 107 cm³/mol. The van der Waals surface area contributed by atoms with Crippen LogP contribution in [0.4, 0.5) is 30.2 Å². The molecule has 0 unspecified atom stereocenters. The molecular weight excluding hydrogens is 445 g/mol. The molecular formula is C20H13F3N6O4. The molecule has 0 aliphatic rings. The first-order valence-corrected chi connectivity index (χ1v) is 9.07. The summed E-state index contributed by atoms with van der Waals surface area (Å²) in [4.78, 5) is 26.5. The van der Waals surface area contributed by atoms with E-state index in [1.165, 1.54) is 19.3 Å². The van der Waals surface area contributed by atoms with Gasteiger partial charge in [-0.05, 0) is 30.7 Å². The Morgan fingerprint density at radius 2 is 2.03 bits per heavy atom. The lowest BCUT2D eigenvalue weighted by Gasteiger charge is -2.13. The fraction of sp³-hybridized carbons (Fsp3) is 0.150. The summed E-state index contributed by atoms with van der Waals surface area (Å²) in [6.45, 7) is 1.16. The van der Waals surface area contributed by atoms with Crippen LogP contribution in [0.25, 0.3) is 0 Å². The SMILES string of the molecule is Cc1c(C#N)c(O)n(Cc2cccnc2)c(=O)c1N=Nc1ccc([N+](=O)[O-])c(C(F)(F)F)c1. The summed E-state index contributed by atoms with van der Waals surface area (Å²) >= 11 is 0. The zero-order chi connectivity index (χ0) is 24.3. The standard InChI is InChI=1S/C20H13F3N6O4/c1-11-14(8-24)18(30)28(10-12-3-2-6-25-9-12)19(31)17(11)27-26-13-4-5-16(29(32)33)15(7-13)20(21,22)23/h2-7,9,30H,10H2,1H3. The average Bonchev–Trinajstić information content (AvgIpc) is 2.77. The molecule has 2 aromatic heterocycles. The van der Waals surface area contributed by atoms with Gasteiger partial charge in [0.1, 0.15) is 17.2 Å². The van der Waals surface area contributed by atoms with Gasteiger partial charge < -0.3 is 5.11 Å². The third-order valence-electron chi connectivity index (χ3n) is 4.58. The number of aromatic nitrogens is 2. The first-order valence-electron chi connectivity index (χ1n) is 9.07. The number of nitriles is 1. The molecule has 0 radical (unpaired) electrons. The van der Waals surface area contributed by atoms with Crippen molar-refractivity contribution in [1.82, 2.24) is 9.55 Å². The predicted octanol–water partition coefficient (Wildman–Crippen LogP) is 4.52. The van der Waals surface area contributed by atoms with Crippen LogP contribution >= 0.6 is 0 Å². The van der Waals surface area contributed by atoms with Gasteiger partial charge in [0.15, 0.2) is 5.69 Å². The Bertz CT molecular complexity index is 1360. The number of azo groups is 1. The van der Waals surface area contributed by atoms with Crippen molar-refractivity contribution in [2.24, 2.45) is 10.2 Å². The minimum Gasteiger partial charge on any atom is -0.493 e. The zero-order valence-electron chi connectivity index (χ0n) is 16.7. The molecule has 0 amide bonds. The van der Waals surface area contributed by atoms with Crippen LogP contribution in [0.5, 0.6) is 5.88 Å². The Labute approximate surface area is 183 Å². The van der Waals surface area contributed by atoms with Gasteiger partial charge in [0.05, 0.1) is 17.2 Å². The number of nitrogens with zero attached hydrogens (tertiary/aromatic N) is 6. The molecule has 3 aromatic rings. The Morgan fingerprint density at radius 3 is 2.61 bits per heavy atom. The second kappa shape index (κ2) is 8.87.